The lowest BCUT2D eigenvalue weighted by atomic mass is 10.1. The van der Waals surface area contributed by atoms with Crippen LogP contribution in [0.3, 0.4) is 0 Å². The molecular formula is C20H21N3O3. The van der Waals surface area contributed by atoms with Crippen LogP contribution < -0.4 is 15.6 Å². The molecule has 0 unspecified atom stereocenters. The number of rotatable bonds is 6. The van der Waals surface area contributed by atoms with E-state index in [4.69, 9.17) is 4.74 Å². The van der Waals surface area contributed by atoms with Crippen LogP contribution in [0.15, 0.2) is 59.4 Å². The summed E-state index contributed by atoms with van der Waals surface area (Å²) in [6.07, 6.45) is 0. The zero-order valence-corrected chi connectivity index (χ0v) is 14.8. The van der Waals surface area contributed by atoms with Gasteiger partial charge in [0.15, 0.2) is 5.69 Å². The first kappa shape index (κ1) is 17.7. The van der Waals surface area contributed by atoms with Crippen molar-refractivity contribution in [2.24, 2.45) is 0 Å². The Morgan fingerprint density at radius 1 is 1.08 bits per heavy atom. The third-order valence-electron chi connectivity index (χ3n) is 3.93. The number of aromatic nitrogens is 2. The predicted octanol–water partition coefficient (Wildman–Crippen LogP) is 2.79. The van der Waals surface area contributed by atoms with Gasteiger partial charge in [0.2, 0.25) is 0 Å². The van der Waals surface area contributed by atoms with Gasteiger partial charge in [-0.1, -0.05) is 36.4 Å². The van der Waals surface area contributed by atoms with Crippen LogP contribution in [0.1, 0.15) is 30.4 Å². The number of ether oxygens (including phenoxy) is 1. The number of nitrogens with one attached hydrogen (secondary N) is 1. The number of benzene rings is 2. The highest BCUT2D eigenvalue weighted by Gasteiger charge is 2.17. The summed E-state index contributed by atoms with van der Waals surface area (Å²) in [6, 6.07) is 16.3. The summed E-state index contributed by atoms with van der Waals surface area (Å²) in [4.78, 5) is 25.1. The van der Waals surface area contributed by atoms with Crippen molar-refractivity contribution in [3.63, 3.8) is 0 Å². The number of carbonyl (C=O) groups is 1. The highest BCUT2D eigenvalue weighted by atomic mass is 16.5. The highest BCUT2D eigenvalue weighted by Crippen LogP contribution is 2.14. The van der Waals surface area contributed by atoms with Gasteiger partial charge in [0.25, 0.3) is 11.5 Å². The first-order valence-corrected chi connectivity index (χ1v) is 8.55. The first-order valence-electron chi connectivity index (χ1n) is 8.55. The molecule has 0 saturated carbocycles. The Kier molecular flexibility index (Phi) is 5.31. The second kappa shape index (κ2) is 7.82. The fraction of sp³-hybridized carbons (Fsp3) is 0.250. The normalized spacial score (nSPS) is 10.9. The lowest BCUT2D eigenvalue weighted by Gasteiger charge is -2.13. The third kappa shape index (κ3) is 3.74. The van der Waals surface area contributed by atoms with E-state index in [2.05, 4.69) is 10.4 Å². The van der Waals surface area contributed by atoms with E-state index in [1.807, 2.05) is 44.2 Å². The van der Waals surface area contributed by atoms with E-state index >= 15 is 0 Å². The molecular weight excluding hydrogens is 330 g/mol. The number of carbonyl (C=O) groups excluding carboxylic acids is 1. The standard InChI is InChI=1S/C20H21N3O3/c1-14(2)23-20(25)17-11-7-6-10-16(17)18(22-23)19(24)21-12-13-26-15-8-4-3-5-9-15/h3-11,14H,12-13H2,1-2H3,(H,21,24). The molecule has 0 spiro atoms. The van der Waals surface area contributed by atoms with Gasteiger partial charge in [-0.15, -0.1) is 0 Å². The minimum atomic E-state index is -0.327. The van der Waals surface area contributed by atoms with Crippen molar-refractivity contribution in [3.8, 4) is 5.75 Å². The largest absolute Gasteiger partial charge is 0.492 e. The zero-order valence-electron chi connectivity index (χ0n) is 14.8. The lowest BCUT2D eigenvalue weighted by molar-refractivity contribution is 0.0941. The molecule has 0 fully saturated rings. The molecule has 1 amide bonds. The first-order chi connectivity index (χ1) is 12.6. The van der Waals surface area contributed by atoms with E-state index in [1.54, 1.807) is 24.3 Å². The Morgan fingerprint density at radius 3 is 2.42 bits per heavy atom. The van der Waals surface area contributed by atoms with E-state index in [9.17, 15) is 9.59 Å². The smallest absolute Gasteiger partial charge is 0.274 e. The second-order valence-corrected chi connectivity index (χ2v) is 6.16. The number of fused-ring (bicyclic) bond motifs is 1. The van der Waals surface area contributed by atoms with Gasteiger partial charge in [-0.3, -0.25) is 9.59 Å². The maximum absolute atomic E-state index is 12.6. The number of hydrogen-bond donors (Lipinski definition) is 1. The topological polar surface area (TPSA) is 73.2 Å². The van der Waals surface area contributed by atoms with Gasteiger partial charge in [-0.05, 0) is 32.0 Å². The maximum atomic E-state index is 12.6. The van der Waals surface area contributed by atoms with Gasteiger partial charge in [0.1, 0.15) is 12.4 Å². The summed E-state index contributed by atoms with van der Waals surface area (Å²) in [5, 5.41) is 8.13. The van der Waals surface area contributed by atoms with E-state index in [1.165, 1.54) is 4.68 Å². The second-order valence-electron chi connectivity index (χ2n) is 6.16. The van der Waals surface area contributed by atoms with Gasteiger partial charge in [-0.2, -0.15) is 5.10 Å². The lowest BCUT2D eigenvalue weighted by Crippen LogP contribution is -2.33. The van der Waals surface area contributed by atoms with Crippen molar-refractivity contribution in [2.75, 3.05) is 13.2 Å². The van der Waals surface area contributed by atoms with Crippen LogP contribution in [0.5, 0.6) is 5.75 Å². The maximum Gasteiger partial charge on any atom is 0.274 e. The molecule has 0 saturated heterocycles. The molecule has 6 heteroatoms. The minimum Gasteiger partial charge on any atom is -0.492 e. The molecule has 1 heterocycles. The molecule has 1 N–H and O–H groups in total. The van der Waals surface area contributed by atoms with E-state index in [0.29, 0.717) is 23.9 Å². The zero-order chi connectivity index (χ0) is 18.5. The number of amides is 1. The SMILES string of the molecule is CC(C)n1nc(C(=O)NCCOc2ccccc2)c2ccccc2c1=O. The van der Waals surface area contributed by atoms with Gasteiger partial charge in [0.05, 0.1) is 18.0 Å². The Hall–Kier alpha value is -3.15. The summed E-state index contributed by atoms with van der Waals surface area (Å²) in [5.41, 5.74) is 0.0492. The Labute approximate surface area is 151 Å². The Bertz CT molecular complexity index is 965. The molecule has 0 aliphatic heterocycles. The van der Waals surface area contributed by atoms with Crippen molar-refractivity contribution in [1.29, 1.82) is 0 Å². The van der Waals surface area contributed by atoms with Crippen LogP contribution in [0.2, 0.25) is 0 Å². The molecule has 0 aliphatic rings. The molecule has 0 aliphatic carbocycles. The van der Waals surface area contributed by atoms with Crippen molar-refractivity contribution < 1.29 is 9.53 Å². The van der Waals surface area contributed by atoms with Gasteiger partial charge in [0, 0.05) is 5.39 Å². The summed E-state index contributed by atoms with van der Waals surface area (Å²) >= 11 is 0. The average molecular weight is 351 g/mol. The number of hydrogen-bond acceptors (Lipinski definition) is 4. The summed E-state index contributed by atoms with van der Waals surface area (Å²) in [5.74, 6) is 0.422. The van der Waals surface area contributed by atoms with Crippen molar-refractivity contribution in [2.45, 2.75) is 19.9 Å². The molecule has 134 valence electrons. The molecule has 6 nitrogen and oxygen atoms in total. The van der Waals surface area contributed by atoms with Crippen LogP contribution >= 0.6 is 0 Å². The van der Waals surface area contributed by atoms with Crippen molar-refractivity contribution >= 4 is 16.7 Å². The number of para-hydroxylation sites is 1. The van der Waals surface area contributed by atoms with Crippen LogP contribution in [-0.2, 0) is 0 Å². The quantitative estimate of drug-likeness (QED) is 0.693. The average Bonchev–Trinajstić information content (AvgIpc) is 2.66. The van der Waals surface area contributed by atoms with E-state index in [-0.39, 0.29) is 23.2 Å². The van der Waals surface area contributed by atoms with Gasteiger partial charge < -0.3 is 10.1 Å². The molecule has 0 atom stereocenters. The third-order valence-corrected chi connectivity index (χ3v) is 3.93. The van der Waals surface area contributed by atoms with Crippen LogP contribution in [0, 0.1) is 0 Å². The molecule has 2 aromatic carbocycles. The summed E-state index contributed by atoms with van der Waals surface area (Å²) in [7, 11) is 0. The van der Waals surface area contributed by atoms with E-state index < -0.39 is 0 Å². The fourth-order valence-corrected chi connectivity index (χ4v) is 2.66. The molecule has 0 radical (unpaired) electrons. The Morgan fingerprint density at radius 2 is 1.73 bits per heavy atom. The molecule has 26 heavy (non-hydrogen) atoms. The van der Waals surface area contributed by atoms with Crippen LogP contribution in [0.4, 0.5) is 0 Å². The molecule has 3 aromatic rings. The fourth-order valence-electron chi connectivity index (χ4n) is 2.66. The summed E-state index contributed by atoms with van der Waals surface area (Å²) in [6.45, 7) is 4.40. The molecule has 0 bridgehead atoms. The minimum absolute atomic E-state index is 0.139. The molecule has 3 rings (SSSR count). The van der Waals surface area contributed by atoms with Crippen molar-refractivity contribution in [1.82, 2.24) is 15.1 Å². The highest BCUT2D eigenvalue weighted by molar-refractivity contribution is 6.04. The summed E-state index contributed by atoms with van der Waals surface area (Å²) < 4.78 is 6.92. The van der Waals surface area contributed by atoms with Gasteiger partial charge >= 0.3 is 0 Å². The predicted molar refractivity (Wildman–Crippen MR) is 101 cm³/mol. The van der Waals surface area contributed by atoms with Crippen molar-refractivity contribution in [3.05, 3.63) is 70.6 Å². The van der Waals surface area contributed by atoms with E-state index in [0.717, 1.165) is 5.75 Å². The van der Waals surface area contributed by atoms with Gasteiger partial charge in [-0.25, -0.2) is 4.68 Å². The van der Waals surface area contributed by atoms with Crippen LogP contribution in [0.25, 0.3) is 10.8 Å². The monoisotopic (exact) mass is 351 g/mol. The Balaban J connectivity index is 1.77. The molecule has 1 aromatic heterocycles. The van der Waals surface area contributed by atoms with Crippen LogP contribution in [-0.4, -0.2) is 28.8 Å². The number of nitrogens with zero attached hydrogens (tertiary/aromatic N) is 2.